The number of carbonyl (C=O) groups is 2. The van der Waals surface area contributed by atoms with Gasteiger partial charge >= 0.3 is 0 Å². The standard InChI is InChI=1S/C11H16N4O2/c12-9(16)8-15-11(17)5-3-7-14-10-4-1-2-6-13-10/h1-2,4,6H,3,5,7-8H2,(H2,12,16)(H,13,14)(H,15,17). The lowest BCUT2D eigenvalue weighted by molar-refractivity contribution is -0.124. The topological polar surface area (TPSA) is 97.1 Å². The van der Waals surface area contributed by atoms with E-state index in [1.54, 1.807) is 6.20 Å². The van der Waals surface area contributed by atoms with Gasteiger partial charge in [-0.2, -0.15) is 0 Å². The SMILES string of the molecule is NC(=O)CNC(=O)CCCNc1ccccn1. The minimum atomic E-state index is -0.537. The van der Waals surface area contributed by atoms with E-state index in [9.17, 15) is 9.59 Å². The molecular formula is C11H16N4O2. The number of aromatic nitrogens is 1. The molecule has 0 saturated heterocycles. The number of rotatable bonds is 7. The highest BCUT2D eigenvalue weighted by Gasteiger charge is 2.02. The molecule has 0 aliphatic carbocycles. The van der Waals surface area contributed by atoms with E-state index in [1.807, 2.05) is 18.2 Å². The number of hydrogen-bond donors (Lipinski definition) is 3. The van der Waals surface area contributed by atoms with Crippen molar-refractivity contribution in [2.24, 2.45) is 5.73 Å². The average Bonchev–Trinajstić information content (AvgIpc) is 2.33. The zero-order valence-corrected chi connectivity index (χ0v) is 9.48. The third-order valence-corrected chi connectivity index (χ3v) is 2.01. The van der Waals surface area contributed by atoms with Crippen LogP contribution in [-0.4, -0.2) is 29.9 Å². The molecule has 0 atom stereocenters. The average molecular weight is 236 g/mol. The van der Waals surface area contributed by atoms with Gasteiger partial charge in [-0.25, -0.2) is 4.98 Å². The maximum Gasteiger partial charge on any atom is 0.236 e. The predicted octanol–water partition coefficient (Wildman–Crippen LogP) is -0.125. The lowest BCUT2D eigenvalue weighted by Gasteiger charge is -2.05. The van der Waals surface area contributed by atoms with Crippen LogP contribution in [0.15, 0.2) is 24.4 Å². The van der Waals surface area contributed by atoms with Crippen LogP contribution in [0, 0.1) is 0 Å². The number of nitrogens with zero attached hydrogens (tertiary/aromatic N) is 1. The van der Waals surface area contributed by atoms with Gasteiger partial charge in [0.05, 0.1) is 6.54 Å². The van der Waals surface area contributed by atoms with Crippen LogP contribution < -0.4 is 16.4 Å². The highest BCUT2D eigenvalue weighted by Crippen LogP contribution is 2.00. The Balaban J connectivity index is 2.08. The fourth-order valence-corrected chi connectivity index (χ4v) is 1.21. The summed E-state index contributed by atoms with van der Waals surface area (Å²) in [4.78, 5) is 25.7. The van der Waals surface area contributed by atoms with Gasteiger partial charge in [0, 0.05) is 19.2 Å². The first-order valence-corrected chi connectivity index (χ1v) is 5.38. The summed E-state index contributed by atoms with van der Waals surface area (Å²) >= 11 is 0. The van der Waals surface area contributed by atoms with Crippen LogP contribution in [-0.2, 0) is 9.59 Å². The highest BCUT2D eigenvalue weighted by atomic mass is 16.2. The maximum atomic E-state index is 11.2. The quantitative estimate of drug-likeness (QED) is 0.575. The second-order valence-corrected chi connectivity index (χ2v) is 3.49. The van der Waals surface area contributed by atoms with Crippen molar-refractivity contribution < 1.29 is 9.59 Å². The van der Waals surface area contributed by atoms with Gasteiger partial charge in [-0.15, -0.1) is 0 Å². The molecule has 0 fully saturated rings. The van der Waals surface area contributed by atoms with E-state index >= 15 is 0 Å². The van der Waals surface area contributed by atoms with Crippen molar-refractivity contribution in [3.63, 3.8) is 0 Å². The van der Waals surface area contributed by atoms with Crippen LogP contribution in [0.25, 0.3) is 0 Å². The zero-order valence-electron chi connectivity index (χ0n) is 9.48. The van der Waals surface area contributed by atoms with Crippen molar-refractivity contribution in [2.45, 2.75) is 12.8 Å². The van der Waals surface area contributed by atoms with Gasteiger partial charge < -0.3 is 16.4 Å². The molecule has 1 aromatic rings. The number of hydrogen-bond acceptors (Lipinski definition) is 4. The normalized spacial score (nSPS) is 9.65. The van der Waals surface area contributed by atoms with Gasteiger partial charge in [0.1, 0.15) is 5.82 Å². The van der Waals surface area contributed by atoms with E-state index in [4.69, 9.17) is 5.73 Å². The smallest absolute Gasteiger partial charge is 0.236 e. The van der Waals surface area contributed by atoms with Crippen molar-refractivity contribution >= 4 is 17.6 Å². The summed E-state index contributed by atoms with van der Waals surface area (Å²) < 4.78 is 0. The van der Waals surface area contributed by atoms with Crippen LogP contribution in [0.5, 0.6) is 0 Å². The second kappa shape index (κ2) is 7.21. The molecule has 1 heterocycles. The van der Waals surface area contributed by atoms with Crippen LogP contribution in [0.1, 0.15) is 12.8 Å². The number of anilines is 1. The number of amides is 2. The monoisotopic (exact) mass is 236 g/mol. The van der Waals surface area contributed by atoms with E-state index in [1.165, 1.54) is 0 Å². The third-order valence-electron chi connectivity index (χ3n) is 2.01. The lowest BCUT2D eigenvalue weighted by atomic mass is 10.3. The first kappa shape index (κ1) is 13.0. The first-order valence-electron chi connectivity index (χ1n) is 5.38. The van der Waals surface area contributed by atoms with Crippen molar-refractivity contribution in [2.75, 3.05) is 18.4 Å². The Morgan fingerprint density at radius 1 is 1.35 bits per heavy atom. The molecule has 0 bridgehead atoms. The number of pyridine rings is 1. The lowest BCUT2D eigenvalue weighted by Crippen LogP contribution is -2.33. The molecule has 2 amide bonds. The summed E-state index contributed by atoms with van der Waals surface area (Å²) in [6.45, 7) is 0.549. The fraction of sp³-hybridized carbons (Fsp3) is 0.364. The Hall–Kier alpha value is -2.11. The maximum absolute atomic E-state index is 11.2. The van der Waals surface area contributed by atoms with Crippen molar-refractivity contribution in [3.05, 3.63) is 24.4 Å². The molecule has 6 heteroatoms. The Morgan fingerprint density at radius 2 is 2.18 bits per heavy atom. The molecule has 17 heavy (non-hydrogen) atoms. The van der Waals surface area contributed by atoms with Gasteiger partial charge in [-0.1, -0.05) is 6.07 Å². The molecular weight excluding hydrogens is 220 g/mol. The molecule has 6 nitrogen and oxygen atoms in total. The second-order valence-electron chi connectivity index (χ2n) is 3.49. The first-order chi connectivity index (χ1) is 8.18. The molecule has 0 aromatic carbocycles. The van der Waals surface area contributed by atoms with Crippen molar-refractivity contribution in [1.29, 1.82) is 0 Å². The van der Waals surface area contributed by atoms with Gasteiger partial charge in [0.2, 0.25) is 11.8 Å². The summed E-state index contributed by atoms with van der Waals surface area (Å²) in [5.74, 6) is 0.0709. The van der Waals surface area contributed by atoms with E-state index in [-0.39, 0.29) is 12.5 Å². The Morgan fingerprint density at radius 3 is 2.82 bits per heavy atom. The third kappa shape index (κ3) is 6.14. The zero-order chi connectivity index (χ0) is 12.5. The number of primary amides is 1. The van der Waals surface area contributed by atoms with Gasteiger partial charge in [-0.05, 0) is 18.6 Å². The van der Waals surface area contributed by atoms with E-state index in [0.717, 1.165) is 5.82 Å². The molecule has 92 valence electrons. The van der Waals surface area contributed by atoms with Crippen molar-refractivity contribution in [3.8, 4) is 0 Å². The minimum Gasteiger partial charge on any atom is -0.370 e. The summed E-state index contributed by atoms with van der Waals surface area (Å²) in [6.07, 6.45) is 2.72. The molecule has 0 radical (unpaired) electrons. The molecule has 0 unspecified atom stereocenters. The number of carbonyl (C=O) groups excluding carboxylic acids is 2. The minimum absolute atomic E-state index is 0.105. The van der Waals surface area contributed by atoms with Crippen LogP contribution >= 0.6 is 0 Å². The highest BCUT2D eigenvalue weighted by molar-refractivity contribution is 5.83. The van der Waals surface area contributed by atoms with Gasteiger partial charge in [0.15, 0.2) is 0 Å². The number of nitrogens with one attached hydrogen (secondary N) is 2. The van der Waals surface area contributed by atoms with Gasteiger partial charge in [-0.3, -0.25) is 9.59 Å². The largest absolute Gasteiger partial charge is 0.370 e. The van der Waals surface area contributed by atoms with E-state index < -0.39 is 5.91 Å². The summed E-state index contributed by atoms with van der Waals surface area (Å²) in [6, 6.07) is 5.57. The van der Waals surface area contributed by atoms with Crippen LogP contribution in [0.3, 0.4) is 0 Å². The molecule has 1 rings (SSSR count). The predicted molar refractivity (Wildman–Crippen MR) is 64.2 cm³/mol. The fourth-order valence-electron chi connectivity index (χ4n) is 1.21. The van der Waals surface area contributed by atoms with Crippen LogP contribution in [0.2, 0.25) is 0 Å². The van der Waals surface area contributed by atoms with Gasteiger partial charge in [0.25, 0.3) is 0 Å². The van der Waals surface area contributed by atoms with E-state index in [0.29, 0.717) is 19.4 Å². The summed E-state index contributed by atoms with van der Waals surface area (Å²) in [7, 11) is 0. The summed E-state index contributed by atoms with van der Waals surface area (Å²) in [5.41, 5.74) is 4.90. The molecule has 1 aromatic heterocycles. The molecule has 0 saturated carbocycles. The van der Waals surface area contributed by atoms with Crippen LogP contribution in [0.4, 0.5) is 5.82 Å². The molecule has 0 spiro atoms. The Labute approximate surface area is 99.6 Å². The van der Waals surface area contributed by atoms with E-state index in [2.05, 4.69) is 15.6 Å². The Bertz CT molecular complexity index is 367. The molecule has 4 N–H and O–H groups in total. The molecule has 0 aliphatic heterocycles. The number of nitrogens with two attached hydrogens (primary N) is 1. The van der Waals surface area contributed by atoms with Crippen molar-refractivity contribution in [1.82, 2.24) is 10.3 Å². The summed E-state index contributed by atoms with van der Waals surface area (Å²) in [5, 5.41) is 5.51. The Kier molecular flexibility index (Phi) is 5.50. The molecule has 0 aliphatic rings.